The van der Waals surface area contributed by atoms with Crippen LogP contribution < -0.4 is 34.2 Å². The molecule has 2 atom stereocenters. The van der Waals surface area contributed by atoms with Gasteiger partial charge < -0.3 is 34.2 Å². The molecule has 0 radical (unpaired) electrons. The number of nitriles is 1. The van der Waals surface area contributed by atoms with Crippen molar-refractivity contribution < 1.29 is 33.2 Å². The molecular formula is C33H34N2O7. The van der Waals surface area contributed by atoms with Gasteiger partial charge in [0.05, 0.1) is 19.6 Å². The highest BCUT2D eigenvalue weighted by Crippen LogP contribution is 2.45. The Morgan fingerprint density at radius 2 is 1.81 bits per heavy atom. The predicted molar refractivity (Wildman–Crippen MR) is 155 cm³/mol. The van der Waals surface area contributed by atoms with Gasteiger partial charge in [0.25, 0.3) is 0 Å². The molecule has 0 aromatic heterocycles. The molecule has 2 aliphatic rings. The van der Waals surface area contributed by atoms with Gasteiger partial charge in [0.1, 0.15) is 29.7 Å². The third-order valence-electron chi connectivity index (χ3n) is 7.21. The first-order valence-electron chi connectivity index (χ1n) is 14.1. The van der Waals surface area contributed by atoms with E-state index in [9.17, 15) is 10.1 Å². The zero-order valence-electron chi connectivity index (χ0n) is 23.8. The van der Waals surface area contributed by atoms with Crippen LogP contribution in [-0.2, 0) is 4.79 Å². The Morgan fingerprint density at radius 1 is 1.00 bits per heavy atom. The van der Waals surface area contributed by atoms with Crippen LogP contribution in [0.25, 0.3) is 0 Å². The van der Waals surface area contributed by atoms with Crippen LogP contribution in [0.3, 0.4) is 0 Å². The molecule has 0 spiro atoms. The first-order chi connectivity index (χ1) is 20.5. The highest BCUT2D eigenvalue weighted by Gasteiger charge is 2.33. The second kappa shape index (κ2) is 13.2. The molecule has 0 aliphatic carbocycles. The molecule has 5 rings (SSSR count). The van der Waals surface area contributed by atoms with Crippen LogP contribution in [-0.4, -0.2) is 32.4 Å². The average molecular weight is 571 g/mol. The Balaban J connectivity index is 1.33. The fraction of sp³-hybridized carbons (Fsp3) is 0.333. The van der Waals surface area contributed by atoms with Gasteiger partial charge in [-0.3, -0.25) is 0 Å². The summed E-state index contributed by atoms with van der Waals surface area (Å²) in [6, 6.07) is 19.9. The molecule has 2 N–H and O–H groups in total. The number of ether oxygens (including phenoxy) is 6. The van der Waals surface area contributed by atoms with E-state index in [1.807, 2.05) is 24.3 Å². The highest BCUT2D eigenvalue weighted by molar-refractivity contribution is 5.78. The summed E-state index contributed by atoms with van der Waals surface area (Å²) in [7, 11) is 1.58. The Kier molecular flexibility index (Phi) is 9.02. The average Bonchev–Trinajstić information content (AvgIpc) is 3.01. The molecule has 3 aromatic carbocycles. The van der Waals surface area contributed by atoms with E-state index in [1.54, 1.807) is 43.5 Å². The second-order valence-corrected chi connectivity index (χ2v) is 10.1. The van der Waals surface area contributed by atoms with Crippen molar-refractivity contribution in [1.29, 1.82) is 5.26 Å². The molecule has 2 heterocycles. The van der Waals surface area contributed by atoms with E-state index in [-0.39, 0.29) is 23.8 Å². The molecule has 0 fully saturated rings. The van der Waals surface area contributed by atoms with E-state index in [2.05, 4.69) is 13.0 Å². The lowest BCUT2D eigenvalue weighted by molar-refractivity contribution is -0.144. The lowest BCUT2D eigenvalue weighted by Crippen LogP contribution is -2.39. The molecule has 2 unspecified atom stereocenters. The van der Waals surface area contributed by atoms with Crippen LogP contribution in [0.4, 0.5) is 0 Å². The van der Waals surface area contributed by atoms with Crippen molar-refractivity contribution in [1.82, 2.24) is 0 Å². The number of methoxy groups -OCH3 is 1. The molecule has 0 saturated heterocycles. The maximum Gasteiger partial charge on any atom is 0.356 e. The van der Waals surface area contributed by atoms with Crippen molar-refractivity contribution >= 4 is 5.97 Å². The summed E-state index contributed by atoms with van der Waals surface area (Å²) in [5.41, 5.74) is 7.94. The number of para-hydroxylation sites is 2. The summed E-state index contributed by atoms with van der Waals surface area (Å²) in [6.45, 7) is 2.82. The highest BCUT2D eigenvalue weighted by atomic mass is 16.6. The number of benzene rings is 3. The van der Waals surface area contributed by atoms with E-state index >= 15 is 0 Å². The maximum absolute atomic E-state index is 12.9. The van der Waals surface area contributed by atoms with Gasteiger partial charge in [-0.1, -0.05) is 56.9 Å². The Morgan fingerprint density at radius 3 is 2.60 bits per heavy atom. The molecule has 9 heteroatoms. The van der Waals surface area contributed by atoms with Crippen molar-refractivity contribution in [3.8, 4) is 40.6 Å². The van der Waals surface area contributed by atoms with Crippen molar-refractivity contribution in [2.75, 3.05) is 20.3 Å². The second-order valence-electron chi connectivity index (χ2n) is 10.1. The van der Waals surface area contributed by atoms with Gasteiger partial charge in [-0.2, -0.15) is 5.26 Å². The van der Waals surface area contributed by atoms with Gasteiger partial charge in [0.2, 0.25) is 12.0 Å². The van der Waals surface area contributed by atoms with Crippen LogP contribution in [0.1, 0.15) is 56.1 Å². The number of carbonyl (C=O) groups excluding carboxylic acids is 1. The van der Waals surface area contributed by atoms with Gasteiger partial charge in [-0.25, -0.2) is 4.79 Å². The third-order valence-corrected chi connectivity index (χ3v) is 7.21. The van der Waals surface area contributed by atoms with Gasteiger partial charge in [0.15, 0.2) is 23.0 Å². The van der Waals surface area contributed by atoms with Gasteiger partial charge in [-0.15, -0.1) is 0 Å². The summed E-state index contributed by atoms with van der Waals surface area (Å²) in [6.07, 6.45) is 4.78. The summed E-state index contributed by atoms with van der Waals surface area (Å²) >= 11 is 0. The number of hydrogen-bond donors (Lipinski definition) is 1. The SMILES string of the molecule is CCCCCCCOc1ccc(C2C(C#N)=C(N)Oc3cc(OC(=O)C4COc5ccccc5O4)ccc32)cc1OC. The molecule has 9 nitrogen and oxygen atoms in total. The lowest BCUT2D eigenvalue weighted by Gasteiger charge is -2.27. The van der Waals surface area contributed by atoms with E-state index < -0.39 is 18.0 Å². The van der Waals surface area contributed by atoms with Crippen LogP contribution in [0, 0.1) is 11.3 Å². The number of unbranched alkanes of at least 4 members (excludes halogenated alkanes) is 4. The smallest absolute Gasteiger partial charge is 0.356 e. The molecule has 0 amide bonds. The Bertz CT molecular complexity index is 1510. The molecule has 0 saturated carbocycles. The van der Waals surface area contributed by atoms with Gasteiger partial charge >= 0.3 is 5.97 Å². The first kappa shape index (κ1) is 28.7. The minimum Gasteiger partial charge on any atom is -0.493 e. The Hall–Kier alpha value is -4.84. The van der Waals surface area contributed by atoms with Crippen molar-refractivity contribution in [2.24, 2.45) is 5.73 Å². The number of esters is 1. The maximum atomic E-state index is 12.9. The van der Waals surface area contributed by atoms with E-state index in [4.69, 9.17) is 34.2 Å². The fourth-order valence-corrected chi connectivity index (χ4v) is 5.03. The number of fused-ring (bicyclic) bond motifs is 2. The number of allylic oxidation sites excluding steroid dienone is 1. The largest absolute Gasteiger partial charge is 0.493 e. The van der Waals surface area contributed by atoms with Crippen molar-refractivity contribution in [2.45, 2.75) is 51.0 Å². The standard InChI is InChI=1S/C33H34N2O7/c1-3-4-5-6-9-16-38-26-15-12-21(17-29(26)37-2)31-23-14-13-22(18-28(23)42-32(35)24(31)19-34)40-33(36)30-20-39-25-10-7-8-11-27(25)41-30/h7-8,10-15,17-18,30-31H,3-6,9,16,20,35H2,1-2H3. The topological polar surface area (TPSA) is 122 Å². The predicted octanol–water partition coefficient (Wildman–Crippen LogP) is 6.01. The van der Waals surface area contributed by atoms with Crippen molar-refractivity contribution in [3.63, 3.8) is 0 Å². The van der Waals surface area contributed by atoms with Crippen LogP contribution in [0.15, 0.2) is 72.1 Å². The zero-order chi connectivity index (χ0) is 29.5. The van der Waals surface area contributed by atoms with Crippen LogP contribution >= 0.6 is 0 Å². The summed E-state index contributed by atoms with van der Waals surface area (Å²) < 4.78 is 34.4. The Labute approximate surface area is 245 Å². The molecule has 2 aliphatic heterocycles. The van der Waals surface area contributed by atoms with E-state index in [1.165, 1.54) is 19.3 Å². The minimum absolute atomic E-state index is 0.0227. The number of hydrogen-bond acceptors (Lipinski definition) is 9. The number of nitrogens with zero attached hydrogens (tertiary/aromatic N) is 1. The number of nitrogens with two attached hydrogens (primary N) is 1. The fourth-order valence-electron chi connectivity index (χ4n) is 5.03. The summed E-state index contributed by atoms with van der Waals surface area (Å²) in [4.78, 5) is 12.9. The number of rotatable bonds is 11. The zero-order valence-corrected chi connectivity index (χ0v) is 23.8. The van der Waals surface area contributed by atoms with E-state index in [0.29, 0.717) is 40.9 Å². The summed E-state index contributed by atoms with van der Waals surface area (Å²) in [5.74, 6) is 1.71. The first-order valence-corrected chi connectivity index (χ1v) is 14.1. The van der Waals surface area contributed by atoms with Gasteiger partial charge in [-0.05, 0) is 42.3 Å². The quantitative estimate of drug-likeness (QED) is 0.168. The van der Waals surface area contributed by atoms with Crippen LogP contribution in [0.2, 0.25) is 0 Å². The third kappa shape index (κ3) is 6.23. The minimum atomic E-state index is -0.927. The summed E-state index contributed by atoms with van der Waals surface area (Å²) in [5, 5.41) is 9.97. The normalized spacial score (nSPS) is 17.0. The van der Waals surface area contributed by atoms with Crippen LogP contribution in [0.5, 0.6) is 34.5 Å². The number of carbonyl (C=O) groups is 1. The lowest BCUT2D eigenvalue weighted by atomic mass is 9.83. The molecular weight excluding hydrogens is 536 g/mol. The molecule has 0 bridgehead atoms. The van der Waals surface area contributed by atoms with Crippen molar-refractivity contribution in [3.05, 3.63) is 83.2 Å². The van der Waals surface area contributed by atoms with E-state index in [0.717, 1.165) is 18.4 Å². The monoisotopic (exact) mass is 570 g/mol. The molecule has 218 valence electrons. The molecule has 3 aromatic rings. The molecule has 42 heavy (non-hydrogen) atoms. The van der Waals surface area contributed by atoms with Gasteiger partial charge in [0, 0.05) is 11.6 Å².